The molecule has 2 aliphatic rings. The molecule has 0 bridgehead atoms. The van der Waals surface area contributed by atoms with E-state index < -0.39 is 40.9 Å². The number of aliphatic hydroxyl groups is 2. The second kappa shape index (κ2) is 7.80. The fourth-order valence-electron chi connectivity index (χ4n) is 5.83. The highest BCUT2D eigenvalue weighted by atomic mass is 79.9. The largest absolute Gasteiger partial charge is 0.497 e. The van der Waals surface area contributed by atoms with E-state index in [9.17, 15) is 19.4 Å². The highest BCUT2D eigenvalue weighted by Gasteiger charge is 2.77. The number of aliphatic hydroxyl groups excluding tert-OH is 1. The van der Waals surface area contributed by atoms with Gasteiger partial charge in [-0.25, -0.2) is 4.39 Å². The molecule has 0 spiro atoms. The summed E-state index contributed by atoms with van der Waals surface area (Å²) in [4.78, 5) is 12.8. The highest BCUT2D eigenvalue weighted by molar-refractivity contribution is 9.10. The van der Waals surface area contributed by atoms with Gasteiger partial charge in [0, 0.05) is 22.0 Å². The number of aryl methyl sites for hydroxylation is 1. The zero-order chi connectivity index (χ0) is 24.4. The number of fused-ring (bicyclic) bond motifs is 3. The Morgan fingerprint density at radius 2 is 1.88 bits per heavy atom. The Hall–Kier alpha value is -2.94. The van der Waals surface area contributed by atoms with Gasteiger partial charge >= 0.3 is 0 Å². The van der Waals surface area contributed by atoms with E-state index in [0.717, 1.165) is 4.47 Å². The molecule has 3 aromatic carbocycles. The van der Waals surface area contributed by atoms with Crippen molar-refractivity contribution in [3.8, 4) is 11.5 Å². The van der Waals surface area contributed by atoms with E-state index in [1.807, 2.05) is 0 Å². The third-order valence-corrected chi connectivity index (χ3v) is 7.63. The maximum absolute atomic E-state index is 14.4. The van der Waals surface area contributed by atoms with Crippen LogP contribution in [0.25, 0.3) is 0 Å². The number of amides is 1. The van der Waals surface area contributed by atoms with Gasteiger partial charge in [0.05, 0.1) is 13.0 Å². The standard InChI is InChI=1S/C26H23BrFNO5/c1-13-10-18(33-2)12-19-21(13)25(32)23(30)20(24(29)31)22(14-4-3-5-17(28)11-14)26(25,34-19)15-6-8-16(27)9-7-15/h3-12,20,22-23,30,32H,1-2H3,(H2,29,31)/t20-,22-,23-,25+,26+/m1/s1. The van der Waals surface area contributed by atoms with E-state index in [1.54, 1.807) is 49.4 Å². The van der Waals surface area contributed by atoms with E-state index in [0.29, 0.717) is 33.8 Å². The molecule has 8 heteroatoms. The van der Waals surface area contributed by atoms with Crippen LogP contribution in [0, 0.1) is 18.7 Å². The van der Waals surface area contributed by atoms with Crippen LogP contribution in [0.2, 0.25) is 0 Å². The van der Waals surface area contributed by atoms with E-state index in [-0.39, 0.29) is 0 Å². The van der Waals surface area contributed by atoms with Crippen LogP contribution in [0.4, 0.5) is 4.39 Å². The van der Waals surface area contributed by atoms with E-state index in [2.05, 4.69) is 15.9 Å². The third-order valence-electron chi connectivity index (χ3n) is 7.10. The van der Waals surface area contributed by atoms with Crippen molar-refractivity contribution < 1.29 is 28.9 Å². The molecule has 0 unspecified atom stereocenters. The van der Waals surface area contributed by atoms with Gasteiger partial charge in [-0.05, 0) is 53.9 Å². The molecule has 1 aliphatic heterocycles. The number of rotatable bonds is 4. The maximum atomic E-state index is 14.4. The number of methoxy groups -OCH3 is 1. The number of nitrogens with two attached hydrogens (primary N) is 1. The smallest absolute Gasteiger partial charge is 0.224 e. The van der Waals surface area contributed by atoms with Gasteiger partial charge in [-0.1, -0.05) is 40.2 Å². The lowest BCUT2D eigenvalue weighted by atomic mass is 9.70. The molecule has 6 nitrogen and oxygen atoms in total. The zero-order valence-electron chi connectivity index (χ0n) is 18.5. The van der Waals surface area contributed by atoms with Crippen molar-refractivity contribution in [3.05, 3.63) is 93.2 Å². The molecule has 0 radical (unpaired) electrons. The first-order valence-corrected chi connectivity index (χ1v) is 11.5. The first kappa shape index (κ1) is 22.8. The maximum Gasteiger partial charge on any atom is 0.224 e. The fraction of sp³-hybridized carbons (Fsp3) is 0.269. The molecule has 1 heterocycles. The lowest BCUT2D eigenvalue weighted by molar-refractivity contribution is -0.153. The normalized spacial score (nSPS) is 29.3. The average Bonchev–Trinajstić information content (AvgIpc) is 3.17. The Balaban J connectivity index is 1.89. The van der Waals surface area contributed by atoms with Crippen molar-refractivity contribution in [1.82, 2.24) is 0 Å². The fourth-order valence-corrected chi connectivity index (χ4v) is 6.09. The minimum Gasteiger partial charge on any atom is -0.497 e. The molecule has 1 fully saturated rings. The number of halogens is 2. The summed E-state index contributed by atoms with van der Waals surface area (Å²) in [5.41, 5.74) is 3.88. The molecule has 4 N–H and O–H groups in total. The van der Waals surface area contributed by atoms with Crippen LogP contribution in [0.5, 0.6) is 11.5 Å². The molecule has 176 valence electrons. The summed E-state index contributed by atoms with van der Waals surface area (Å²) in [6.45, 7) is 1.77. The summed E-state index contributed by atoms with van der Waals surface area (Å²) < 4.78 is 27.2. The highest BCUT2D eigenvalue weighted by Crippen LogP contribution is 2.69. The minimum absolute atomic E-state index is 0.311. The average molecular weight is 528 g/mol. The van der Waals surface area contributed by atoms with Gasteiger partial charge in [-0.3, -0.25) is 4.79 Å². The molecule has 1 amide bonds. The molecule has 3 aromatic rings. The van der Waals surface area contributed by atoms with Gasteiger partial charge in [0.1, 0.15) is 23.4 Å². The molecule has 5 rings (SSSR count). The van der Waals surface area contributed by atoms with Gasteiger partial charge in [0.25, 0.3) is 0 Å². The van der Waals surface area contributed by atoms with Crippen molar-refractivity contribution in [3.63, 3.8) is 0 Å². The summed E-state index contributed by atoms with van der Waals surface area (Å²) in [6.07, 6.45) is -1.63. The summed E-state index contributed by atoms with van der Waals surface area (Å²) in [5, 5.41) is 24.1. The number of carbonyl (C=O) groups excluding carboxylic acids is 1. The first-order valence-electron chi connectivity index (χ1n) is 10.7. The summed E-state index contributed by atoms with van der Waals surface area (Å²) in [5.74, 6) is -2.79. The van der Waals surface area contributed by atoms with Crippen LogP contribution in [0.3, 0.4) is 0 Å². The van der Waals surface area contributed by atoms with Crippen molar-refractivity contribution in [1.29, 1.82) is 0 Å². The summed E-state index contributed by atoms with van der Waals surface area (Å²) in [7, 11) is 1.52. The van der Waals surface area contributed by atoms with Crippen LogP contribution >= 0.6 is 15.9 Å². The van der Waals surface area contributed by atoms with E-state index >= 15 is 0 Å². The van der Waals surface area contributed by atoms with Gasteiger partial charge in [-0.15, -0.1) is 0 Å². The topological polar surface area (TPSA) is 102 Å². The van der Waals surface area contributed by atoms with E-state index in [1.165, 1.54) is 25.3 Å². The first-order chi connectivity index (χ1) is 16.1. The Labute approximate surface area is 204 Å². The lowest BCUT2D eigenvalue weighted by Crippen LogP contribution is -2.52. The molecule has 0 saturated heterocycles. The Bertz CT molecular complexity index is 1300. The van der Waals surface area contributed by atoms with Gasteiger partial charge < -0.3 is 25.4 Å². The third kappa shape index (κ3) is 2.88. The molecule has 5 atom stereocenters. The quantitative estimate of drug-likeness (QED) is 0.480. The van der Waals surface area contributed by atoms with Crippen LogP contribution in [0.1, 0.15) is 28.2 Å². The molecule has 1 aliphatic carbocycles. The van der Waals surface area contributed by atoms with E-state index in [4.69, 9.17) is 15.2 Å². The van der Waals surface area contributed by atoms with Crippen LogP contribution < -0.4 is 15.2 Å². The second-order valence-electron chi connectivity index (χ2n) is 8.83. The van der Waals surface area contributed by atoms with Crippen molar-refractivity contribution >= 4 is 21.8 Å². The number of ether oxygens (including phenoxy) is 2. The molecular weight excluding hydrogens is 505 g/mol. The number of primary amides is 1. The predicted molar refractivity (Wildman–Crippen MR) is 126 cm³/mol. The number of hydrogen-bond acceptors (Lipinski definition) is 5. The Kier molecular flexibility index (Phi) is 5.24. The van der Waals surface area contributed by atoms with Crippen molar-refractivity contribution in [2.24, 2.45) is 11.7 Å². The predicted octanol–water partition coefficient (Wildman–Crippen LogP) is 3.64. The van der Waals surface area contributed by atoms with Crippen LogP contribution in [0.15, 0.2) is 65.1 Å². The summed E-state index contributed by atoms with van der Waals surface area (Å²) in [6, 6.07) is 16.1. The number of hydrogen-bond donors (Lipinski definition) is 3. The Morgan fingerprint density at radius 3 is 2.50 bits per heavy atom. The zero-order valence-corrected chi connectivity index (χ0v) is 20.0. The number of benzene rings is 3. The Morgan fingerprint density at radius 1 is 1.18 bits per heavy atom. The molecule has 0 aromatic heterocycles. The number of carbonyl (C=O) groups is 1. The van der Waals surface area contributed by atoms with Gasteiger partial charge in [-0.2, -0.15) is 0 Å². The molecular formula is C26H23BrFNO5. The minimum atomic E-state index is -2.07. The van der Waals surface area contributed by atoms with Crippen molar-refractivity contribution in [2.45, 2.75) is 30.1 Å². The summed E-state index contributed by atoms with van der Waals surface area (Å²) >= 11 is 3.42. The monoisotopic (exact) mass is 527 g/mol. The molecule has 1 saturated carbocycles. The van der Waals surface area contributed by atoms with Gasteiger partial charge in [0.2, 0.25) is 5.91 Å². The van der Waals surface area contributed by atoms with Crippen molar-refractivity contribution in [2.75, 3.05) is 7.11 Å². The van der Waals surface area contributed by atoms with Crippen LogP contribution in [-0.2, 0) is 16.0 Å². The molecule has 34 heavy (non-hydrogen) atoms. The van der Waals surface area contributed by atoms with Crippen LogP contribution in [-0.4, -0.2) is 29.3 Å². The second-order valence-corrected chi connectivity index (χ2v) is 9.75. The van der Waals surface area contributed by atoms with Gasteiger partial charge in [0.15, 0.2) is 11.2 Å². The SMILES string of the molecule is COc1cc(C)c2c(c1)O[C@@]1(c3ccc(Br)cc3)[C@H](c3cccc(F)c3)[C@@H](C(N)=O)[C@@H](O)[C@@]21O. The lowest BCUT2D eigenvalue weighted by Gasteiger charge is -2.41.